The van der Waals surface area contributed by atoms with E-state index in [-0.39, 0.29) is 12.6 Å². The van der Waals surface area contributed by atoms with Gasteiger partial charge < -0.3 is 10.4 Å². The lowest BCUT2D eigenvalue weighted by molar-refractivity contribution is 0.172. The van der Waals surface area contributed by atoms with Crippen LogP contribution in [0.3, 0.4) is 0 Å². The zero-order valence-corrected chi connectivity index (χ0v) is 14.7. The second kappa shape index (κ2) is 6.67. The fourth-order valence-corrected chi connectivity index (χ4v) is 4.80. The summed E-state index contributed by atoms with van der Waals surface area (Å²) in [6.07, 6.45) is 7.22. The van der Waals surface area contributed by atoms with Crippen LogP contribution in [0.5, 0.6) is 0 Å². The van der Waals surface area contributed by atoms with E-state index in [1.165, 1.54) is 16.1 Å². The summed E-state index contributed by atoms with van der Waals surface area (Å²) in [5.74, 6) is 0.448. The zero-order chi connectivity index (χ0) is 16.5. The minimum Gasteiger partial charge on any atom is -0.394 e. The Hall–Kier alpha value is -1.69. The van der Waals surface area contributed by atoms with Gasteiger partial charge in [0.05, 0.1) is 19.2 Å². The van der Waals surface area contributed by atoms with Gasteiger partial charge >= 0.3 is 0 Å². The average molecular weight is 341 g/mol. The standard InChI is InChI=1S/C19H23N3OS/c1-2-3-13-4-5-16-15(10-13)19-14(17(12-23)21-16)6-8-22(19)11-18-20-7-9-24-18/h2-5,7,9-10,14,17,19,21,23H,6,8,11-12H2,1H3/b3-2+/t14-,17+,19-/m0/s1. The van der Waals surface area contributed by atoms with Gasteiger partial charge in [-0.2, -0.15) is 0 Å². The van der Waals surface area contributed by atoms with Gasteiger partial charge in [-0.15, -0.1) is 11.3 Å². The van der Waals surface area contributed by atoms with Crippen molar-refractivity contribution in [3.8, 4) is 0 Å². The number of likely N-dealkylation sites (tertiary alicyclic amines) is 1. The number of rotatable bonds is 4. The molecule has 24 heavy (non-hydrogen) atoms. The molecule has 3 heterocycles. The molecule has 0 bridgehead atoms. The van der Waals surface area contributed by atoms with Crippen molar-refractivity contribution >= 4 is 23.1 Å². The van der Waals surface area contributed by atoms with Crippen molar-refractivity contribution in [1.29, 1.82) is 0 Å². The van der Waals surface area contributed by atoms with Crippen LogP contribution in [0.2, 0.25) is 0 Å². The number of hydrogen-bond acceptors (Lipinski definition) is 5. The second-order valence-electron chi connectivity index (χ2n) is 6.57. The number of anilines is 1. The second-order valence-corrected chi connectivity index (χ2v) is 7.55. The van der Waals surface area contributed by atoms with E-state index in [1.807, 2.05) is 18.5 Å². The fraction of sp³-hybridized carbons (Fsp3) is 0.421. The molecule has 2 N–H and O–H groups in total. The third-order valence-electron chi connectivity index (χ3n) is 5.18. The molecule has 126 valence electrons. The molecular weight excluding hydrogens is 318 g/mol. The largest absolute Gasteiger partial charge is 0.394 e. The van der Waals surface area contributed by atoms with Crippen molar-refractivity contribution in [2.24, 2.45) is 5.92 Å². The Balaban J connectivity index is 1.71. The highest BCUT2D eigenvalue weighted by Crippen LogP contribution is 2.47. The zero-order valence-electron chi connectivity index (χ0n) is 13.9. The van der Waals surface area contributed by atoms with Crippen molar-refractivity contribution in [3.05, 3.63) is 52.0 Å². The molecule has 3 atom stereocenters. The first-order chi connectivity index (χ1) is 11.8. The maximum absolute atomic E-state index is 9.84. The van der Waals surface area contributed by atoms with Crippen LogP contribution in [0, 0.1) is 5.92 Å². The van der Waals surface area contributed by atoms with Crippen molar-refractivity contribution in [2.45, 2.75) is 32.0 Å². The van der Waals surface area contributed by atoms with Crippen molar-refractivity contribution in [3.63, 3.8) is 0 Å². The monoisotopic (exact) mass is 341 g/mol. The summed E-state index contributed by atoms with van der Waals surface area (Å²) < 4.78 is 0. The molecule has 0 amide bonds. The predicted octanol–water partition coefficient (Wildman–Crippen LogP) is 3.53. The summed E-state index contributed by atoms with van der Waals surface area (Å²) in [5.41, 5.74) is 3.75. The van der Waals surface area contributed by atoms with Gasteiger partial charge in [0.2, 0.25) is 0 Å². The van der Waals surface area contributed by atoms with E-state index in [0.717, 1.165) is 25.2 Å². The van der Waals surface area contributed by atoms with E-state index in [2.05, 4.69) is 45.6 Å². The Kier molecular flexibility index (Phi) is 4.39. The van der Waals surface area contributed by atoms with Gasteiger partial charge in [-0.05, 0) is 43.1 Å². The quantitative estimate of drug-likeness (QED) is 0.893. The molecule has 0 unspecified atom stereocenters. The number of hydrogen-bond donors (Lipinski definition) is 2. The maximum Gasteiger partial charge on any atom is 0.107 e. The SMILES string of the molecule is C/C=C/c1ccc2c(c1)[C@@H]1[C@@H](CCN1Cc1nccs1)[C@@H](CO)N2. The van der Waals surface area contributed by atoms with E-state index < -0.39 is 0 Å². The molecule has 1 saturated heterocycles. The van der Waals surface area contributed by atoms with Gasteiger partial charge in [-0.3, -0.25) is 4.90 Å². The van der Waals surface area contributed by atoms with Crippen LogP contribution >= 0.6 is 11.3 Å². The lowest BCUT2D eigenvalue weighted by Crippen LogP contribution is -2.41. The minimum atomic E-state index is 0.136. The lowest BCUT2D eigenvalue weighted by Gasteiger charge is -2.39. The fourth-order valence-electron chi connectivity index (χ4n) is 4.15. The summed E-state index contributed by atoms with van der Waals surface area (Å²) in [6, 6.07) is 7.08. The Labute approximate surface area is 146 Å². The maximum atomic E-state index is 9.84. The van der Waals surface area contributed by atoms with E-state index >= 15 is 0 Å². The number of nitrogens with one attached hydrogen (secondary N) is 1. The first kappa shape index (κ1) is 15.8. The summed E-state index contributed by atoms with van der Waals surface area (Å²) in [4.78, 5) is 6.99. The molecule has 0 saturated carbocycles. The third-order valence-corrected chi connectivity index (χ3v) is 5.94. The Morgan fingerprint density at radius 1 is 1.46 bits per heavy atom. The van der Waals surface area contributed by atoms with E-state index in [4.69, 9.17) is 0 Å². The van der Waals surface area contributed by atoms with Gasteiger partial charge in [0.25, 0.3) is 0 Å². The molecule has 2 aliphatic heterocycles. The number of aromatic nitrogens is 1. The number of aliphatic hydroxyl groups is 1. The first-order valence-electron chi connectivity index (χ1n) is 8.56. The Bertz CT molecular complexity index is 728. The highest BCUT2D eigenvalue weighted by atomic mass is 32.1. The van der Waals surface area contributed by atoms with E-state index in [0.29, 0.717) is 12.0 Å². The van der Waals surface area contributed by atoms with Crippen molar-refractivity contribution in [1.82, 2.24) is 9.88 Å². The van der Waals surface area contributed by atoms with Gasteiger partial charge in [-0.1, -0.05) is 18.2 Å². The Morgan fingerprint density at radius 2 is 2.38 bits per heavy atom. The van der Waals surface area contributed by atoms with Crippen LogP contribution in [-0.2, 0) is 6.54 Å². The predicted molar refractivity (Wildman–Crippen MR) is 99.0 cm³/mol. The van der Waals surface area contributed by atoms with Gasteiger partial charge in [0.1, 0.15) is 5.01 Å². The van der Waals surface area contributed by atoms with Crippen molar-refractivity contribution < 1.29 is 5.11 Å². The molecule has 0 radical (unpaired) electrons. The number of nitrogens with zero attached hydrogens (tertiary/aromatic N) is 2. The number of thiazole rings is 1. The first-order valence-corrected chi connectivity index (χ1v) is 9.44. The van der Waals surface area contributed by atoms with Crippen LogP contribution in [0.15, 0.2) is 35.9 Å². The Morgan fingerprint density at radius 3 is 3.12 bits per heavy atom. The minimum absolute atomic E-state index is 0.136. The summed E-state index contributed by atoms with van der Waals surface area (Å²) in [6.45, 7) is 4.18. The van der Waals surface area contributed by atoms with Crippen LogP contribution in [0.4, 0.5) is 5.69 Å². The number of aliphatic hydroxyl groups excluding tert-OH is 1. The normalized spacial score (nSPS) is 26.3. The molecule has 5 heteroatoms. The number of benzene rings is 1. The topological polar surface area (TPSA) is 48.4 Å². The molecule has 4 rings (SSSR count). The van der Waals surface area contributed by atoms with Crippen LogP contribution in [0.1, 0.15) is 35.5 Å². The summed E-state index contributed by atoms with van der Waals surface area (Å²) in [7, 11) is 0. The highest BCUT2D eigenvalue weighted by Gasteiger charge is 2.43. The van der Waals surface area contributed by atoms with Gasteiger partial charge in [0, 0.05) is 29.2 Å². The van der Waals surface area contributed by atoms with Crippen LogP contribution in [0.25, 0.3) is 6.08 Å². The van der Waals surface area contributed by atoms with Gasteiger partial charge in [0.15, 0.2) is 0 Å². The molecule has 0 spiro atoms. The molecule has 1 fully saturated rings. The average Bonchev–Trinajstić information content (AvgIpc) is 3.25. The van der Waals surface area contributed by atoms with Gasteiger partial charge in [-0.25, -0.2) is 4.98 Å². The smallest absolute Gasteiger partial charge is 0.107 e. The van der Waals surface area contributed by atoms with Crippen LogP contribution in [-0.4, -0.2) is 34.2 Å². The van der Waals surface area contributed by atoms with E-state index in [9.17, 15) is 5.11 Å². The van der Waals surface area contributed by atoms with Crippen molar-refractivity contribution in [2.75, 3.05) is 18.5 Å². The lowest BCUT2D eigenvalue weighted by atomic mass is 9.82. The molecule has 0 aliphatic carbocycles. The van der Waals surface area contributed by atoms with Crippen LogP contribution < -0.4 is 5.32 Å². The summed E-state index contributed by atoms with van der Waals surface area (Å²) >= 11 is 1.72. The summed E-state index contributed by atoms with van der Waals surface area (Å²) in [5, 5.41) is 16.6. The number of fused-ring (bicyclic) bond motifs is 3. The molecule has 4 nitrogen and oxygen atoms in total. The third kappa shape index (κ3) is 2.77. The highest BCUT2D eigenvalue weighted by molar-refractivity contribution is 7.09. The molecule has 1 aromatic heterocycles. The molecular formula is C19H23N3OS. The number of allylic oxidation sites excluding steroid dienone is 1. The molecule has 1 aromatic carbocycles. The molecule has 2 aromatic rings. The van der Waals surface area contributed by atoms with E-state index in [1.54, 1.807) is 11.3 Å². The molecule has 2 aliphatic rings.